The van der Waals surface area contributed by atoms with Crippen molar-refractivity contribution in [3.8, 4) is 0 Å². The number of hydrogen-bond acceptors (Lipinski definition) is 7. The lowest BCUT2D eigenvalue weighted by Gasteiger charge is -2.28. The number of aromatic nitrogens is 5. The van der Waals surface area contributed by atoms with Gasteiger partial charge >= 0.3 is 0 Å². The van der Waals surface area contributed by atoms with Gasteiger partial charge in [0.1, 0.15) is 17.0 Å². The zero-order valence-electron chi connectivity index (χ0n) is 15.3. The number of aliphatic hydroxyl groups is 1. The number of aliphatic hydroxyl groups excluding tert-OH is 1. The van der Waals surface area contributed by atoms with Gasteiger partial charge in [-0.15, -0.1) is 0 Å². The second kappa shape index (κ2) is 7.04. The maximum atomic E-state index is 13.3. The molecular weight excluding hydrogens is 362 g/mol. The number of nitrogen functional groups attached to an aromatic ring is 1. The minimum absolute atomic E-state index is 0.00954. The van der Waals surface area contributed by atoms with E-state index in [1.807, 2.05) is 0 Å². The molecule has 4 rings (SSSR count). The monoisotopic (exact) mass is 383 g/mol. The normalized spacial score (nSPS) is 19.6. The number of carbonyl (C=O) groups excluding carboxylic acids is 1. The Kier molecular flexibility index (Phi) is 4.55. The molecule has 0 aromatic carbocycles. The molecule has 146 valence electrons. The summed E-state index contributed by atoms with van der Waals surface area (Å²) in [6.45, 7) is 1.76. The third-order valence-electron chi connectivity index (χ3n) is 5.12. The Morgan fingerprint density at radius 3 is 2.75 bits per heavy atom. The van der Waals surface area contributed by atoms with Crippen molar-refractivity contribution in [3.05, 3.63) is 39.9 Å². The summed E-state index contributed by atoms with van der Waals surface area (Å²) in [5, 5.41) is 19.5. The number of nitrogens with zero attached hydrogens (tertiary/aromatic N) is 4. The molecule has 0 atom stereocenters. The number of amides is 1. The van der Waals surface area contributed by atoms with Crippen LogP contribution in [0.2, 0.25) is 0 Å². The Hall–Kier alpha value is -3.27. The van der Waals surface area contributed by atoms with Crippen LogP contribution < -0.4 is 16.6 Å². The van der Waals surface area contributed by atoms with Gasteiger partial charge in [-0.1, -0.05) is 0 Å². The number of pyridine rings is 1. The average molecular weight is 383 g/mol. The van der Waals surface area contributed by atoms with Crippen LogP contribution in [-0.4, -0.2) is 41.9 Å². The summed E-state index contributed by atoms with van der Waals surface area (Å²) >= 11 is 0. The second-order valence-electron chi connectivity index (χ2n) is 7.02. The molecule has 0 bridgehead atoms. The van der Waals surface area contributed by atoms with Crippen molar-refractivity contribution in [2.24, 2.45) is 0 Å². The molecule has 0 aliphatic heterocycles. The quantitative estimate of drug-likeness (QED) is 0.529. The first kappa shape index (κ1) is 18.1. The molecule has 1 aliphatic carbocycles. The molecule has 1 amide bonds. The van der Waals surface area contributed by atoms with Crippen LogP contribution in [0.15, 0.2) is 23.1 Å². The van der Waals surface area contributed by atoms with Crippen LogP contribution in [0.25, 0.3) is 11.0 Å². The fourth-order valence-corrected chi connectivity index (χ4v) is 3.71. The lowest BCUT2D eigenvalue weighted by molar-refractivity contribution is 0.101. The van der Waals surface area contributed by atoms with E-state index in [-0.39, 0.29) is 23.7 Å². The topological polar surface area (TPSA) is 152 Å². The molecule has 0 radical (unpaired) electrons. The number of anilines is 2. The first-order valence-corrected chi connectivity index (χ1v) is 9.12. The number of carbonyl (C=O) groups is 1. The van der Waals surface area contributed by atoms with Crippen LogP contribution >= 0.6 is 0 Å². The van der Waals surface area contributed by atoms with E-state index in [2.05, 4.69) is 25.5 Å². The highest BCUT2D eigenvalue weighted by Gasteiger charge is 2.27. The van der Waals surface area contributed by atoms with E-state index in [9.17, 15) is 14.7 Å². The summed E-state index contributed by atoms with van der Waals surface area (Å²) in [5.41, 5.74) is 6.36. The number of aryl methyl sites for hydroxylation is 1. The highest BCUT2D eigenvalue weighted by molar-refractivity contribution is 6.05. The van der Waals surface area contributed by atoms with Gasteiger partial charge in [0, 0.05) is 17.5 Å². The highest BCUT2D eigenvalue weighted by atomic mass is 16.3. The molecule has 0 saturated heterocycles. The minimum Gasteiger partial charge on any atom is -0.393 e. The van der Waals surface area contributed by atoms with Gasteiger partial charge in [-0.2, -0.15) is 10.1 Å². The van der Waals surface area contributed by atoms with Gasteiger partial charge in [0.15, 0.2) is 0 Å². The van der Waals surface area contributed by atoms with Crippen molar-refractivity contribution < 1.29 is 9.90 Å². The van der Waals surface area contributed by atoms with Crippen LogP contribution in [0.3, 0.4) is 0 Å². The number of nitrogens with two attached hydrogens (primary N) is 1. The van der Waals surface area contributed by atoms with E-state index in [1.165, 1.54) is 16.8 Å². The van der Waals surface area contributed by atoms with Gasteiger partial charge in [0.05, 0.1) is 18.0 Å². The van der Waals surface area contributed by atoms with E-state index in [4.69, 9.17) is 5.73 Å². The van der Waals surface area contributed by atoms with Crippen molar-refractivity contribution in [2.75, 3.05) is 11.1 Å². The Morgan fingerprint density at radius 2 is 2.07 bits per heavy atom. The number of aromatic amines is 1. The predicted octanol–water partition coefficient (Wildman–Crippen LogP) is 1.13. The maximum Gasteiger partial charge on any atom is 0.265 e. The Bertz CT molecular complexity index is 1080. The molecule has 3 aromatic heterocycles. The van der Waals surface area contributed by atoms with Crippen molar-refractivity contribution in [2.45, 2.75) is 44.8 Å². The molecule has 3 aromatic rings. The van der Waals surface area contributed by atoms with Gasteiger partial charge in [-0.3, -0.25) is 19.3 Å². The number of fused-ring (bicyclic) bond motifs is 1. The lowest BCUT2D eigenvalue weighted by atomic mass is 9.92. The average Bonchev–Trinajstić information content (AvgIpc) is 3.15. The van der Waals surface area contributed by atoms with Crippen LogP contribution in [0.5, 0.6) is 0 Å². The standard InChI is InChI=1S/C18H21N7O3/c1-9-12-8-13(16(27)22-14-6-7-20-24-14)17(28)25(15(12)23-18(19)21-9)10-2-4-11(26)5-3-10/h6-8,10-11,26H,2-5H2,1H3,(H2,19,21,23)(H2,20,22,24,27)/t10-,11-. The van der Waals surface area contributed by atoms with E-state index in [0.29, 0.717) is 48.2 Å². The highest BCUT2D eigenvalue weighted by Crippen LogP contribution is 2.30. The molecule has 10 heteroatoms. The van der Waals surface area contributed by atoms with Gasteiger partial charge < -0.3 is 16.2 Å². The molecule has 1 aliphatic rings. The molecule has 28 heavy (non-hydrogen) atoms. The van der Waals surface area contributed by atoms with Crippen LogP contribution in [0, 0.1) is 6.92 Å². The maximum absolute atomic E-state index is 13.3. The molecule has 5 N–H and O–H groups in total. The van der Waals surface area contributed by atoms with Crippen LogP contribution in [0.4, 0.5) is 11.8 Å². The lowest BCUT2D eigenvalue weighted by Crippen LogP contribution is -2.34. The van der Waals surface area contributed by atoms with Gasteiger partial charge in [0.25, 0.3) is 11.5 Å². The van der Waals surface area contributed by atoms with Crippen LogP contribution in [0.1, 0.15) is 47.8 Å². The molecule has 1 saturated carbocycles. The number of nitrogens with one attached hydrogen (secondary N) is 2. The van der Waals surface area contributed by atoms with Crippen molar-refractivity contribution in [3.63, 3.8) is 0 Å². The summed E-state index contributed by atoms with van der Waals surface area (Å²) in [6, 6.07) is 2.92. The molecule has 10 nitrogen and oxygen atoms in total. The number of rotatable bonds is 3. The minimum atomic E-state index is -0.544. The first-order valence-electron chi connectivity index (χ1n) is 9.12. The summed E-state index contributed by atoms with van der Waals surface area (Å²) < 4.78 is 1.54. The van der Waals surface area contributed by atoms with Crippen molar-refractivity contribution in [1.29, 1.82) is 0 Å². The second-order valence-corrected chi connectivity index (χ2v) is 7.02. The molecule has 0 unspecified atom stereocenters. The fraction of sp³-hybridized carbons (Fsp3) is 0.389. The summed E-state index contributed by atoms with van der Waals surface area (Å²) in [5.74, 6) is -0.0808. The van der Waals surface area contributed by atoms with Crippen molar-refractivity contribution in [1.82, 2.24) is 24.7 Å². The molecular formula is C18H21N7O3. The van der Waals surface area contributed by atoms with Gasteiger partial charge in [-0.25, -0.2) is 4.98 Å². The number of hydrogen-bond donors (Lipinski definition) is 4. The predicted molar refractivity (Wildman–Crippen MR) is 103 cm³/mol. The molecule has 0 spiro atoms. The smallest absolute Gasteiger partial charge is 0.265 e. The Morgan fingerprint density at radius 1 is 1.32 bits per heavy atom. The largest absolute Gasteiger partial charge is 0.393 e. The zero-order chi connectivity index (χ0) is 19.8. The third kappa shape index (κ3) is 3.22. The molecule has 3 heterocycles. The third-order valence-corrected chi connectivity index (χ3v) is 5.12. The fourth-order valence-electron chi connectivity index (χ4n) is 3.71. The SMILES string of the molecule is Cc1nc(N)nc2c1cc(C(=O)Nc1ccn[nH]1)c(=O)n2[C@H]1CC[C@H](O)CC1. The Balaban J connectivity index is 1.88. The summed E-state index contributed by atoms with van der Waals surface area (Å²) in [4.78, 5) is 34.5. The van der Waals surface area contributed by atoms with Crippen LogP contribution in [-0.2, 0) is 0 Å². The van der Waals surface area contributed by atoms with E-state index < -0.39 is 11.5 Å². The summed E-state index contributed by atoms with van der Waals surface area (Å²) in [7, 11) is 0. The number of H-pyrrole nitrogens is 1. The zero-order valence-corrected chi connectivity index (χ0v) is 15.3. The Labute approximate surface area is 159 Å². The van der Waals surface area contributed by atoms with Crippen molar-refractivity contribution >= 4 is 28.7 Å². The van der Waals surface area contributed by atoms with Gasteiger partial charge in [-0.05, 0) is 38.7 Å². The summed E-state index contributed by atoms with van der Waals surface area (Å²) in [6.07, 6.45) is 3.54. The van der Waals surface area contributed by atoms with E-state index in [0.717, 1.165) is 0 Å². The van der Waals surface area contributed by atoms with E-state index >= 15 is 0 Å². The molecule has 1 fully saturated rings. The first-order chi connectivity index (χ1) is 13.4. The van der Waals surface area contributed by atoms with Gasteiger partial charge in [0.2, 0.25) is 5.95 Å². The van der Waals surface area contributed by atoms with E-state index in [1.54, 1.807) is 13.0 Å².